The molecule has 0 aromatic rings. The zero-order valence-electron chi connectivity index (χ0n) is 39.3. The van der Waals surface area contributed by atoms with Crippen LogP contribution in [0.1, 0.15) is 92.9 Å². The number of aliphatic carboxylic acids is 1. The van der Waals surface area contributed by atoms with E-state index in [4.69, 9.17) is 28.4 Å². The molecule has 20 heteroatoms. The van der Waals surface area contributed by atoms with Crippen molar-refractivity contribution in [3.63, 3.8) is 0 Å². The molecule has 4 saturated carbocycles. The molecule has 13 N–H and O–H groups in total. The molecule has 3 saturated heterocycles. The Hall–Kier alpha value is -1.51. The lowest BCUT2D eigenvalue weighted by Crippen LogP contribution is -2.69. The zero-order valence-corrected chi connectivity index (χ0v) is 39.3. The molecule has 0 aromatic carbocycles. The molecule has 3 heterocycles. The van der Waals surface area contributed by atoms with Crippen molar-refractivity contribution in [2.45, 2.75) is 197 Å². The first kappa shape index (κ1) is 51.8. The molecule has 25 atom stereocenters. The van der Waals surface area contributed by atoms with Crippen molar-refractivity contribution < 1.29 is 99.6 Å². The molecule has 384 valence electrons. The maximum Gasteiger partial charge on any atom is 0.310 e. The summed E-state index contributed by atoms with van der Waals surface area (Å²) in [7, 11) is 0. The third-order valence-corrected chi connectivity index (χ3v) is 19.3. The summed E-state index contributed by atoms with van der Waals surface area (Å²) in [6, 6.07) is 0. The van der Waals surface area contributed by atoms with Crippen molar-refractivity contribution in [3.8, 4) is 0 Å². The number of rotatable bonds is 10. The van der Waals surface area contributed by atoms with Gasteiger partial charge in [0.2, 0.25) is 0 Å². The van der Waals surface area contributed by atoms with Crippen LogP contribution in [0.5, 0.6) is 0 Å². The number of hydrogen-bond donors (Lipinski definition) is 13. The van der Waals surface area contributed by atoms with E-state index in [-0.39, 0.29) is 43.3 Å². The molecule has 3 aliphatic heterocycles. The van der Waals surface area contributed by atoms with Gasteiger partial charge in [0.05, 0.1) is 50.2 Å². The molecular formula is C47H76O20. The van der Waals surface area contributed by atoms with E-state index < -0.39 is 157 Å². The molecular weight excluding hydrogens is 884 g/mol. The minimum Gasteiger partial charge on any atom is -0.481 e. The largest absolute Gasteiger partial charge is 0.481 e. The van der Waals surface area contributed by atoms with E-state index in [0.29, 0.717) is 32.1 Å². The minimum absolute atomic E-state index is 0.00203. The molecule has 25 unspecified atom stereocenters. The monoisotopic (exact) mass is 960 g/mol. The average molecular weight is 961 g/mol. The minimum atomic E-state index is -1.86. The second kappa shape index (κ2) is 18.2. The summed E-state index contributed by atoms with van der Waals surface area (Å²) in [5.41, 5.74) is -3.39. The van der Waals surface area contributed by atoms with Crippen LogP contribution in [0.2, 0.25) is 0 Å². The van der Waals surface area contributed by atoms with Gasteiger partial charge in [-0.15, -0.1) is 0 Å². The third-order valence-electron chi connectivity index (χ3n) is 19.3. The van der Waals surface area contributed by atoms with E-state index in [2.05, 4.69) is 26.8 Å². The lowest BCUT2D eigenvalue weighted by molar-refractivity contribution is -0.377. The lowest BCUT2D eigenvalue weighted by Gasteiger charge is -2.72. The maximum atomic E-state index is 13.9. The second-order valence-corrected chi connectivity index (χ2v) is 23.1. The summed E-state index contributed by atoms with van der Waals surface area (Å²) in [6.45, 7) is 10.4. The standard InChI is InChI=1S/C47H76O20/c1-42(2)13-21-20-7-8-27-43(3)14-22(51)37(67-38-34(58)29(53)23(52)18-62-38)44(4,19-50)26(43)9-10-46(27,6)45(20,5)11-12-47(21,41(60)61)15-28(42)65-40-36(33(57)31(55)25(17-49)64-40)66-39-35(59)32(56)30(54)24(16-48)63-39/h7,21-40,48-59H,8-19H2,1-6H3,(H,60,61). The summed E-state index contributed by atoms with van der Waals surface area (Å²) >= 11 is 0. The number of carboxylic acids is 1. The number of carbonyl (C=O) groups is 1. The number of allylic oxidation sites excluding steroid dienone is 2. The first-order valence-corrected chi connectivity index (χ1v) is 24.1. The van der Waals surface area contributed by atoms with Crippen LogP contribution in [0.15, 0.2) is 11.6 Å². The van der Waals surface area contributed by atoms with Crippen LogP contribution in [-0.2, 0) is 33.2 Å². The van der Waals surface area contributed by atoms with Gasteiger partial charge in [0.1, 0.15) is 67.1 Å². The molecule has 8 rings (SSSR count). The Morgan fingerprint density at radius 3 is 1.93 bits per heavy atom. The van der Waals surface area contributed by atoms with Crippen LogP contribution < -0.4 is 0 Å². The Morgan fingerprint density at radius 2 is 1.30 bits per heavy atom. The summed E-state index contributed by atoms with van der Waals surface area (Å²) in [6.07, 6.45) is -19.4. The van der Waals surface area contributed by atoms with Gasteiger partial charge in [0, 0.05) is 5.41 Å². The summed E-state index contributed by atoms with van der Waals surface area (Å²) < 4.78 is 36.0. The van der Waals surface area contributed by atoms with E-state index in [1.807, 2.05) is 20.8 Å². The average Bonchev–Trinajstić information content (AvgIpc) is 3.27. The smallest absolute Gasteiger partial charge is 0.310 e. The highest BCUT2D eigenvalue weighted by Gasteiger charge is 2.72. The van der Waals surface area contributed by atoms with Gasteiger partial charge in [-0.25, -0.2) is 0 Å². The van der Waals surface area contributed by atoms with Crippen molar-refractivity contribution >= 4 is 5.97 Å². The van der Waals surface area contributed by atoms with Gasteiger partial charge >= 0.3 is 5.97 Å². The molecule has 0 aromatic heterocycles. The molecule has 0 bridgehead atoms. The predicted molar refractivity (Wildman–Crippen MR) is 229 cm³/mol. The fourth-order valence-corrected chi connectivity index (χ4v) is 15.1. The lowest BCUT2D eigenvalue weighted by atomic mass is 9.33. The van der Waals surface area contributed by atoms with Crippen LogP contribution >= 0.6 is 0 Å². The Bertz CT molecular complexity index is 1830. The van der Waals surface area contributed by atoms with Crippen molar-refractivity contribution in [3.05, 3.63) is 11.6 Å². The number of ether oxygens (including phenoxy) is 6. The fraction of sp³-hybridized carbons (Fsp3) is 0.936. The first-order valence-electron chi connectivity index (χ1n) is 24.1. The quantitative estimate of drug-likeness (QED) is 0.0854. The normalized spacial score (nSPS) is 55.3. The van der Waals surface area contributed by atoms with E-state index in [1.54, 1.807) is 0 Å². The van der Waals surface area contributed by atoms with E-state index in [9.17, 15) is 71.2 Å². The van der Waals surface area contributed by atoms with Gasteiger partial charge in [-0.3, -0.25) is 4.79 Å². The van der Waals surface area contributed by atoms with Crippen LogP contribution in [0.3, 0.4) is 0 Å². The van der Waals surface area contributed by atoms with Gasteiger partial charge in [-0.05, 0) is 90.8 Å². The van der Waals surface area contributed by atoms with Gasteiger partial charge in [0.15, 0.2) is 18.9 Å². The molecule has 0 spiro atoms. The molecule has 67 heavy (non-hydrogen) atoms. The van der Waals surface area contributed by atoms with Gasteiger partial charge in [-0.2, -0.15) is 0 Å². The molecule has 8 aliphatic rings. The van der Waals surface area contributed by atoms with E-state index >= 15 is 0 Å². The molecule has 7 fully saturated rings. The fourth-order valence-electron chi connectivity index (χ4n) is 15.1. The Morgan fingerprint density at radius 1 is 0.672 bits per heavy atom. The second-order valence-electron chi connectivity index (χ2n) is 23.1. The SMILES string of the molecule is CC1(C)CC2C3=CCC4C5(C)CC(O)C(OC6OCC(O)C(O)C6O)C(C)(CO)C5CCC4(C)C3(C)CCC2(C(=O)O)CC1OC1OC(CO)C(O)C(O)C1OC1OC(CO)C(O)C(O)C1O. The number of carboxylic acid groups (broad SMARTS) is 1. The van der Waals surface area contributed by atoms with Crippen molar-refractivity contribution in [1.29, 1.82) is 0 Å². The van der Waals surface area contributed by atoms with Crippen LogP contribution in [0, 0.1) is 50.2 Å². The van der Waals surface area contributed by atoms with E-state index in [1.165, 1.54) is 0 Å². The third kappa shape index (κ3) is 7.90. The Kier molecular flexibility index (Phi) is 14.1. The Balaban J connectivity index is 1.07. The van der Waals surface area contributed by atoms with Gasteiger partial charge < -0.3 is 94.8 Å². The van der Waals surface area contributed by atoms with Gasteiger partial charge in [0.25, 0.3) is 0 Å². The van der Waals surface area contributed by atoms with Crippen molar-refractivity contribution in [1.82, 2.24) is 0 Å². The number of hydrogen-bond acceptors (Lipinski definition) is 19. The highest BCUT2D eigenvalue weighted by atomic mass is 16.8. The van der Waals surface area contributed by atoms with Crippen molar-refractivity contribution in [2.75, 3.05) is 26.4 Å². The van der Waals surface area contributed by atoms with Crippen LogP contribution in [0.25, 0.3) is 0 Å². The maximum absolute atomic E-state index is 13.9. The highest BCUT2D eigenvalue weighted by Crippen LogP contribution is 2.76. The van der Waals surface area contributed by atoms with Crippen LogP contribution in [-0.4, -0.2) is 203 Å². The molecule has 5 aliphatic carbocycles. The topological polar surface area (TPSA) is 335 Å². The summed E-state index contributed by atoms with van der Waals surface area (Å²) in [5.74, 6) is -1.58. The molecule has 0 radical (unpaired) electrons. The highest BCUT2D eigenvalue weighted by molar-refractivity contribution is 5.77. The number of aliphatic hydroxyl groups excluding tert-OH is 12. The zero-order chi connectivity index (χ0) is 49.1. The number of fused-ring (bicyclic) bond motifs is 7. The summed E-state index contributed by atoms with van der Waals surface area (Å²) in [4.78, 5) is 13.9. The molecule has 0 amide bonds. The van der Waals surface area contributed by atoms with Crippen molar-refractivity contribution in [2.24, 2.45) is 50.2 Å². The first-order chi connectivity index (χ1) is 31.3. The Labute approximate surface area is 390 Å². The summed E-state index contributed by atoms with van der Waals surface area (Å²) in [5, 5.41) is 140. The van der Waals surface area contributed by atoms with Crippen LogP contribution in [0.4, 0.5) is 0 Å². The molecule has 20 nitrogen and oxygen atoms in total. The van der Waals surface area contributed by atoms with E-state index in [0.717, 1.165) is 12.0 Å². The van der Waals surface area contributed by atoms with Gasteiger partial charge in [-0.1, -0.05) is 53.2 Å². The number of aliphatic hydroxyl groups is 12. The predicted octanol–water partition coefficient (Wildman–Crippen LogP) is -1.74.